The van der Waals surface area contributed by atoms with Crippen LogP contribution in [0.2, 0.25) is 0 Å². The maximum Gasteiger partial charge on any atom is 0.331 e. The molecule has 0 saturated carbocycles. The molecular formula is C17H38O2. The molecular weight excluding hydrogens is 236 g/mol. The number of cyclic esters (lactones) is 1. The van der Waals surface area contributed by atoms with E-state index in [0.29, 0.717) is 0 Å². The van der Waals surface area contributed by atoms with E-state index in [9.17, 15) is 4.79 Å². The minimum atomic E-state index is -0.193. The number of esters is 1. The molecule has 0 spiro atoms. The summed E-state index contributed by atoms with van der Waals surface area (Å²) < 4.78 is 4.91. The molecule has 118 valence electrons. The van der Waals surface area contributed by atoms with Crippen LogP contribution in [0.25, 0.3) is 0 Å². The third-order valence-corrected chi connectivity index (χ3v) is 1.56. The molecule has 1 rings (SSSR count). The van der Waals surface area contributed by atoms with Gasteiger partial charge in [-0.05, 0) is 18.9 Å². The fourth-order valence-electron chi connectivity index (χ4n) is 0.974. The van der Waals surface area contributed by atoms with Crippen LogP contribution in [0.4, 0.5) is 0 Å². The second-order valence-corrected chi connectivity index (χ2v) is 3.18. The maximum absolute atomic E-state index is 10.5. The van der Waals surface area contributed by atoms with Gasteiger partial charge in [-0.15, -0.1) is 0 Å². The summed E-state index contributed by atoms with van der Waals surface area (Å²) in [6.45, 7) is 18.4. The highest BCUT2D eigenvalue weighted by Crippen LogP contribution is 2.11. The van der Waals surface area contributed by atoms with E-state index in [2.05, 4.69) is 20.8 Å². The third kappa shape index (κ3) is 26.7. The normalized spacial score (nSPS) is 14.2. The lowest BCUT2D eigenvalue weighted by molar-refractivity contribution is -0.138. The highest BCUT2D eigenvalue weighted by molar-refractivity contribution is 5.84. The highest BCUT2D eigenvalue weighted by Gasteiger charge is 2.14. The number of carbonyl (C=O) groups is 1. The van der Waals surface area contributed by atoms with Crippen molar-refractivity contribution in [3.63, 3.8) is 0 Å². The van der Waals surface area contributed by atoms with Crippen LogP contribution in [0.15, 0.2) is 12.2 Å². The molecule has 0 fully saturated rings. The summed E-state index contributed by atoms with van der Waals surface area (Å²) in [6.07, 6.45) is 7.90. The van der Waals surface area contributed by atoms with Crippen molar-refractivity contribution in [1.82, 2.24) is 0 Å². The van der Waals surface area contributed by atoms with Gasteiger partial charge in [0.25, 0.3) is 0 Å². The highest BCUT2D eigenvalue weighted by atomic mass is 16.5. The van der Waals surface area contributed by atoms with Crippen molar-refractivity contribution >= 4 is 5.97 Å². The predicted octanol–water partition coefficient (Wildman–Crippen LogP) is 6.15. The molecule has 0 N–H and O–H groups in total. The number of hydrogen-bond donors (Lipinski definition) is 0. The van der Waals surface area contributed by atoms with E-state index in [1.807, 2.05) is 47.6 Å². The van der Waals surface area contributed by atoms with Crippen molar-refractivity contribution in [3.8, 4) is 0 Å². The summed E-state index contributed by atoms with van der Waals surface area (Å²) >= 11 is 0. The predicted molar refractivity (Wildman–Crippen MR) is 88.6 cm³/mol. The first-order valence-electron chi connectivity index (χ1n) is 8.13. The number of carbonyl (C=O) groups excluding carboxylic acids is 1. The van der Waals surface area contributed by atoms with Crippen LogP contribution in [0.3, 0.4) is 0 Å². The Balaban J connectivity index is -0.000000106. The molecule has 0 saturated heterocycles. The Hall–Kier alpha value is -0.790. The molecule has 0 aromatic rings. The van der Waals surface area contributed by atoms with E-state index < -0.39 is 0 Å². The summed E-state index contributed by atoms with van der Waals surface area (Å²) in [7, 11) is 0. The summed E-state index contributed by atoms with van der Waals surface area (Å²) in [4.78, 5) is 10.5. The SMILES string of the molecule is CC.CC.CC.CCC.CCCCC1C=CC(=O)O1. The fraction of sp³-hybridized carbons (Fsp3) is 0.824. The van der Waals surface area contributed by atoms with Crippen LogP contribution >= 0.6 is 0 Å². The first-order chi connectivity index (χ1) is 9.24. The Labute approximate surface area is 122 Å². The summed E-state index contributed by atoms with van der Waals surface area (Å²) in [5.74, 6) is -0.193. The Morgan fingerprint density at radius 1 is 1.00 bits per heavy atom. The Morgan fingerprint density at radius 3 is 1.68 bits per heavy atom. The average molecular weight is 274 g/mol. The maximum atomic E-state index is 10.5. The van der Waals surface area contributed by atoms with Crippen molar-refractivity contribution < 1.29 is 9.53 Å². The molecule has 0 aromatic heterocycles. The van der Waals surface area contributed by atoms with Gasteiger partial charge >= 0.3 is 5.97 Å². The average Bonchev–Trinajstić information content (AvgIpc) is 2.90. The molecule has 0 amide bonds. The zero-order valence-corrected chi connectivity index (χ0v) is 14.9. The van der Waals surface area contributed by atoms with Gasteiger partial charge in [-0.25, -0.2) is 4.79 Å². The quantitative estimate of drug-likeness (QED) is 0.577. The summed E-state index contributed by atoms with van der Waals surface area (Å²) in [5, 5.41) is 0. The molecule has 1 heterocycles. The lowest BCUT2D eigenvalue weighted by Gasteiger charge is -2.05. The van der Waals surface area contributed by atoms with E-state index in [1.165, 1.54) is 12.5 Å². The molecule has 0 radical (unpaired) electrons. The van der Waals surface area contributed by atoms with Crippen molar-refractivity contribution in [2.75, 3.05) is 0 Å². The molecule has 1 unspecified atom stereocenters. The molecule has 0 aromatic carbocycles. The van der Waals surface area contributed by atoms with Gasteiger partial charge in [0, 0.05) is 6.08 Å². The zero-order chi connectivity index (χ0) is 16.1. The van der Waals surface area contributed by atoms with Crippen LogP contribution in [0.5, 0.6) is 0 Å². The van der Waals surface area contributed by atoms with E-state index in [1.54, 1.807) is 0 Å². The van der Waals surface area contributed by atoms with Crippen molar-refractivity contribution in [2.45, 2.75) is 94.1 Å². The van der Waals surface area contributed by atoms with Gasteiger partial charge in [0.2, 0.25) is 0 Å². The minimum absolute atomic E-state index is 0.0625. The summed E-state index contributed by atoms with van der Waals surface area (Å²) in [6, 6.07) is 0. The van der Waals surface area contributed by atoms with E-state index in [0.717, 1.165) is 19.3 Å². The Bertz CT molecular complexity index is 163. The van der Waals surface area contributed by atoms with Crippen LogP contribution < -0.4 is 0 Å². The molecule has 19 heavy (non-hydrogen) atoms. The van der Waals surface area contributed by atoms with E-state index in [-0.39, 0.29) is 12.1 Å². The molecule has 0 aliphatic carbocycles. The van der Waals surface area contributed by atoms with E-state index >= 15 is 0 Å². The Morgan fingerprint density at radius 2 is 1.42 bits per heavy atom. The molecule has 1 aliphatic heterocycles. The number of hydrogen-bond acceptors (Lipinski definition) is 2. The van der Waals surface area contributed by atoms with Crippen LogP contribution in [-0.2, 0) is 9.53 Å². The van der Waals surface area contributed by atoms with Gasteiger partial charge < -0.3 is 4.74 Å². The van der Waals surface area contributed by atoms with E-state index in [4.69, 9.17) is 4.74 Å². The van der Waals surface area contributed by atoms with Crippen LogP contribution in [0, 0.1) is 0 Å². The van der Waals surface area contributed by atoms with Gasteiger partial charge in [-0.2, -0.15) is 0 Å². The number of ether oxygens (including phenoxy) is 1. The van der Waals surface area contributed by atoms with Crippen molar-refractivity contribution in [2.24, 2.45) is 0 Å². The largest absolute Gasteiger partial charge is 0.455 e. The number of rotatable bonds is 3. The zero-order valence-electron chi connectivity index (χ0n) is 14.9. The first kappa shape index (κ1) is 26.7. The second-order valence-electron chi connectivity index (χ2n) is 3.18. The van der Waals surface area contributed by atoms with Gasteiger partial charge in [0.1, 0.15) is 6.10 Å². The lowest BCUT2D eigenvalue weighted by Crippen LogP contribution is -2.06. The van der Waals surface area contributed by atoms with Crippen molar-refractivity contribution in [3.05, 3.63) is 12.2 Å². The molecule has 1 aliphatic rings. The monoisotopic (exact) mass is 274 g/mol. The van der Waals surface area contributed by atoms with Crippen LogP contribution in [-0.4, -0.2) is 12.1 Å². The molecule has 0 bridgehead atoms. The van der Waals surface area contributed by atoms with Gasteiger partial charge in [-0.3, -0.25) is 0 Å². The standard InChI is InChI=1S/C8H12O2.C3H8.3C2H6/c1-2-3-4-7-5-6-8(9)10-7;1-3-2;3*1-2/h5-7H,2-4H2,1H3;3H2,1-2H3;3*1-2H3. The van der Waals surface area contributed by atoms with Gasteiger partial charge in [0.05, 0.1) is 0 Å². The molecule has 1 atom stereocenters. The topological polar surface area (TPSA) is 26.3 Å². The third-order valence-electron chi connectivity index (χ3n) is 1.56. The smallest absolute Gasteiger partial charge is 0.331 e. The first-order valence-corrected chi connectivity index (χ1v) is 8.13. The molecule has 2 heteroatoms. The molecule has 2 nitrogen and oxygen atoms in total. The number of unbranched alkanes of at least 4 members (excludes halogenated alkanes) is 1. The minimum Gasteiger partial charge on any atom is -0.455 e. The fourth-order valence-corrected chi connectivity index (χ4v) is 0.974. The lowest BCUT2D eigenvalue weighted by atomic mass is 10.2. The van der Waals surface area contributed by atoms with Gasteiger partial charge in [0.15, 0.2) is 0 Å². The second kappa shape index (κ2) is 30.3. The summed E-state index contributed by atoms with van der Waals surface area (Å²) in [5.41, 5.74) is 0. The van der Waals surface area contributed by atoms with Gasteiger partial charge in [-0.1, -0.05) is 75.2 Å². The van der Waals surface area contributed by atoms with Crippen LogP contribution in [0.1, 0.15) is 88.0 Å². The Kier molecular flexibility index (Phi) is 42.6. The van der Waals surface area contributed by atoms with Crippen molar-refractivity contribution in [1.29, 1.82) is 0 Å².